The lowest BCUT2D eigenvalue weighted by Gasteiger charge is -2.04. The zero-order valence-electron chi connectivity index (χ0n) is 9.18. The summed E-state index contributed by atoms with van der Waals surface area (Å²) in [5.74, 6) is -0.304. The Kier molecular flexibility index (Phi) is 5.45. The summed E-state index contributed by atoms with van der Waals surface area (Å²) in [5, 5.41) is 17.8. The molecular weight excluding hydrogens is 228 g/mol. The SMILES string of the molecule is CCOC(=O)c1ccc(CC[C@@H](O)CO)s1. The number of carbonyl (C=O) groups excluding carboxylic acids is 1. The van der Waals surface area contributed by atoms with Crippen molar-refractivity contribution in [2.45, 2.75) is 25.9 Å². The minimum atomic E-state index is -0.687. The lowest BCUT2D eigenvalue weighted by Crippen LogP contribution is -2.12. The van der Waals surface area contributed by atoms with E-state index in [4.69, 9.17) is 9.84 Å². The zero-order chi connectivity index (χ0) is 12.0. The number of rotatable bonds is 6. The number of carbonyl (C=O) groups is 1. The number of ether oxygens (including phenoxy) is 1. The second kappa shape index (κ2) is 6.62. The molecule has 0 bridgehead atoms. The number of aryl methyl sites for hydroxylation is 1. The number of hydrogen-bond donors (Lipinski definition) is 2. The van der Waals surface area contributed by atoms with Crippen molar-refractivity contribution in [1.29, 1.82) is 0 Å². The third-order valence-electron chi connectivity index (χ3n) is 2.07. The van der Waals surface area contributed by atoms with Crippen LogP contribution in [0.4, 0.5) is 0 Å². The minimum Gasteiger partial charge on any atom is -0.462 e. The van der Waals surface area contributed by atoms with E-state index in [1.807, 2.05) is 6.07 Å². The van der Waals surface area contributed by atoms with Crippen molar-refractivity contribution in [1.82, 2.24) is 0 Å². The number of esters is 1. The van der Waals surface area contributed by atoms with Crippen LogP contribution in [0.1, 0.15) is 27.9 Å². The third kappa shape index (κ3) is 3.92. The number of hydrogen-bond acceptors (Lipinski definition) is 5. The van der Waals surface area contributed by atoms with Gasteiger partial charge in [0.25, 0.3) is 0 Å². The van der Waals surface area contributed by atoms with Gasteiger partial charge in [0.2, 0.25) is 0 Å². The molecule has 0 saturated carbocycles. The first-order valence-electron chi connectivity index (χ1n) is 5.22. The molecule has 0 aromatic carbocycles. The molecule has 5 heteroatoms. The van der Waals surface area contributed by atoms with Gasteiger partial charge in [-0.1, -0.05) is 0 Å². The Hall–Kier alpha value is -0.910. The van der Waals surface area contributed by atoms with Crippen LogP contribution in [0.2, 0.25) is 0 Å². The molecule has 90 valence electrons. The van der Waals surface area contributed by atoms with Crippen molar-refractivity contribution in [2.75, 3.05) is 13.2 Å². The maximum atomic E-state index is 11.4. The summed E-state index contributed by atoms with van der Waals surface area (Å²) >= 11 is 1.37. The third-order valence-corrected chi connectivity index (χ3v) is 3.20. The van der Waals surface area contributed by atoms with Crippen LogP contribution in [0, 0.1) is 0 Å². The van der Waals surface area contributed by atoms with Gasteiger partial charge in [-0.2, -0.15) is 0 Å². The molecule has 0 radical (unpaired) electrons. The van der Waals surface area contributed by atoms with E-state index in [-0.39, 0.29) is 12.6 Å². The van der Waals surface area contributed by atoms with Crippen LogP contribution >= 0.6 is 11.3 Å². The fourth-order valence-electron chi connectivity index (χ4n) is 1.22. The predicted octanol–water partition coefficient (Wildman–Crippen LogP) is 1.21. The van der Waals surface area contributed by atoms with Gasteiger partial charge >= 0.3 is 5.97 Å². The highest BCUT2D eigenvalue weighted by molar-refractivity contribution is 7.13. The van der Waals surface area contributed by atoms with E-state index in [0.717, 1.165) is 4.88 Å². The van der Waals surface area contributed by atoms with Gasteiger partial charge in [0, 0.05) is 4.88 Å². The van der Waals surface area contributed by atoms with Gasteiger partial charge in [-0.25, -0.2) is 4.79 Å². The summed E-state index contributed by atoms with van der Waals surface area (Å²) in [4.78, 5) is 12.9. The average molecular weight is 244 g/mol. The van der Waals surface area contributed by atoms with E-state index in [2.05, 4.69) is 0 Å². The molecule has 1 aromatic heterocycles. The first-order chi connectivity index (χ1) is 7.67. The van der Waals surface area contributed by atoms with Crippen molar-refractivity contribution in [3.05, 3.63) is 21.9 Å². The van der Waals surface area contributed by atoms with Gasteiger partial charge in [-0.15, -0.1) is 11.3 Å². The lowest BCUT2D eigenvalue weighted by atomic mass is 10.2. The molecule has 0 fully saturated rings. The van der Waals surface area contributed by atoms with E-state index >= 15 is 0 Å². The predicted molar refractivity (Wildman–Crippen MR) is 61.7 cm³/mol. The van der Waals surface area contributed by atoms with Gasteiger partial charge < -0.3 is 14.9 Å². The van der Waals surface area contributed by atoms with Gasteiger partial charge in [0.15, 0.2) is 0 Å². The topological polar surface area (TPSA) is 66.8 Å². The molecule has 2 N–H and O–H groups in total. The molecule has 1 atom stereocenters. The Morgan fingerprint density at radius 1 is 1.56 bits per heavy atom. The van der Waals surface area contributed by atoms with Crippen LogP contribution in [0.3, 0.4) is 0 Å². The molecule has 0 amide bonds. The molecule has 0 saturated heterocycles. The van der Waals surface area contributed by atoms with Crippen LogP contribution < -0.4 is 0 Å². The Morgan fingerprint density at radius 2 is 2.31 bits per heavy atom. The van der Waals surface area contributed by atoms with Crippen molar-refractivity contribution < 1.29 is 19.7 Å². The summed E-state index contributed by atoms with van der Waals surface area (Å²) in [6.45, 7) is 1.91. The minimum absolute atomic E-state index is 0.226. The fraction of sp³-hybridized carbons (Fsp3) is 0.545. The second-order valence-electron chi connectivity index (χ2n) is 3.36. The molecule has 4 nitrogen and oxygen atoms in total. The van der Waals surface area contributed by atoms with Gasteiger partial charge in [-0.05, 0) is 31.9 Å². The van der Waals surface area contributed by atoms with Gasteiger partial charge in [-0.3, -0.25) is 0 Å². The monoisotopic (exact) mass is 244 g/mol. The van der Waals surface area contributed by atoms with Crippen LogP contribution in [0.5, 0.6) is 0 Å². The Balaban J connectivity index is 2.48. The summed E-state index contributed by atoms with van der Waals surface area (Å²) in [6, 6.07) is 3.57. The van der Waals surface area contributed by atoms with Crippen molar-refractivity contribution in [2.24, 2.45) is 0 Å². The largest absolute Gasteiger partial charge is 0.462 e. The van der Waals surface area contributed by atoms with Crippen LogP contribution in [-0.2, 0) is 11.2 Å². The molecule has 0 aliphatic heterocycles. The van der Waals surface area contributed by atoms with Crippen molar-refractivity contribution in [3.63, 3.8) is 0 Å². The second-order valence-corrected chi connectivity index (χ2v) is 4.53. The van der Waals surface area contributed by atoms with E-state index in [1.54, 1.807) is 13.0 Å². The smallest absolute Gasteiger partial charge is 0.348 e. The van der Waals surface area contributed by atoms with Crippen molar-refractivity contribution >= 4 is 17.3 Å². The number of aliphatic hydroxyl groups excluding tert-OH is 2. The summed E-state index contributed by atoms with van der Waals surface area (Å²) < 4.78 is 4.87. The highest BCUT2D eigenvalue weighted by atomic mass is 32.1. The van der Waals surface area contributed by atoms with Crippen LogP contribution in [0.15, 0.2) is 12.1 Å². The average Bonchev–Trinajstić information content (AvgIpc) is 2.75. The molecule has 1 rings (SSSR count). The first-order valence-corrected chi connectivity index (χ1v) is 6.03. The zero-order valence-corrected chi connectivity index (χ0v) is 10.00. The highest BCUT2D eigenvalue weighted by Crippen LogP contribution is 2.19. The molecule has 0 unspecified atom stereocenters. The Bertz CT molecular complexity index is 334. The van der Waals surface area contributed by atoms with Crippen LogP contribution in [-0.4, -0.2) is 35.5 Å². The highest BCUT2D eigenvalue weighted by Gasteiger charge is 2.10. The molecule has 1 heterocycles. The summed E-state index contributed by atoms with van der Waals surface area (Å²) in [5.41, 5.74) is 0. The van der Waals surface area contributed by atoms with Crippen LogP contribution in [0.25, 0.3) is 0 Å². The maximum absolute atomic E-state index is 11.4. The van der Waals surface area contributed by atoms with E-state index in [9.17, 15) is 9.90 Å². The standard InChI is InChI=1S/C11H16O4S/c1-2-15-11(14)10-6-5-9(16-10)4-3-8(13)7-12/h5-6,8,12-13H,2-4,7H2,1H3/t8-/m1/s1. The van der Waals surface area contributed by atoms with Gasteiger partial charge in [0.05, 0.1) is 19.3 Å². The maximum Gasteiger partial charge on any atom is 0.348 e. The normalized spacial score (nSPS) is 12.4. The quantitative estimate of drug-likeness (QED) is 0.738. The number of thiophene rings is 1. The Morgan fingerprint density at radius 3 is 2.94 bits per heavy atom. The fourth-order valence-corrected chi connectivity index (χ4v) is 2.14. The van der Waals surface area contributed by atoms with E-state index in [1.165, 1.54) is 11.3 Å². The number of aliphatic hydroxyl groups is 2. The molecule has 0 spiro atoms. The molecular formula is C11H16O4S. The molecule has 0 aliphatic rings. The summed E-state index contributed by atoms with van der Waals surface area (Å²) in [6.07, 6.45) is 0.471. The molecule has 1 aromatic rings. The van der Waals surface area contributed by atoms with E-state index in [0.29, 0.717) is 24.3 Å². The lowest BCUT2D eigenvalue weighted by molar-refractivity contribution is 0.0532. The molecule has 16 heavy (non-hydrogen) atoms. The van der Waals surface area contributed by atoms with E-state index < -0.39 is 6.10 Å². The first kappa shape index (κ1) is 13.2. The summed E-state index contributed by atoms with van der Waals surface area (Å²) in [7, 11) is 0. The van der Waals surface area contributed by atoms with Crippen molar-refractivity contribution in [3.8, 4) is 0 Å². The van der Waals surface area contributed by atoms with Gasteiger partial charge in [0.1, 0.15) is 4.88 Å². The molecule has 0 aliphatic carbocycles. The Labute approximate surface area is 98.5 Å².